The first-order valence-electron chi connectivity index (χ1n) is 12.1. The molecule has 0 unspecified atom stereocenters. The van der Waals surface area contributed by atoms with Gasteiger partial charge in [-0.2, -0.15) is 10.2 Å². The summed E-state index contributed by atoms with van der Waals surface area (Å²) in [6.07, 6.45) is 3.52. The van der Waals surface area contributed by atoms with E-state index in [2.05, 4.69) is 16.6 Å². The molecular formula is C31H25ClN4O2. The van der Waals surface area contributed by atoms with Crippen LogP contribution in [0.5, 0.6) is 5.75 Å². The number of aryl methyl sites for hydroxylation is 1. The minimum Gasteiger partial charge on any atom is -0.489 e. The van der Waals surface area contributed by atoms with Gasteiger partial charge in [-0.3, -0.25) is 4.79 Å². The lowest BCUT2D eigenvalue weighted by molar-refractivity contribution is 0.0955. The van der Waals surface area contributed by atoms with Crippen molar-refractivity contribution in [1.82, 2.24) is 15.2 Å². The Labute approximate surface area is 226 Å². The van der Waals surface area contributed by atoms with Crippen molar-refractivity contribution >= 4 is 23.7 Å². The van der Waals surface area contributed by atoms with Crippen molar-refractivity contribution in [2.24, 2.45) is 5.10 Å². The zero-order valence-electron chi connectivity index (χ0n) is 20.7. The molecule has 5 aromatic rings. The summed E-state index contributed by atoms with van der Waals surface area (Å²) < 4.78 is 7.57. The Morgan fingerprint density at radius 2 is 1.74 bits per heavy atom. The number of hydrazone groups is 1. The quantitative estimate of drug-likeness (QED) is 0.180. The normalized spacial score (nSPS) is 11.0. The molecule has 0 saturated heterocycles. The first-order valence-corrected chi connectivity index (χ1v) is 12.5. The SMILES string of the molecule is Cc1cccc(-c2nn(-c3ccccc3)cc2/C=N/NC(=O)c2ccc(COc3ccc(Cl)cc3)cc2)c1. The summed E-state index contributed by atoms with van der Waals surface area (Å²) in [7, 11) is 0. The summed E-state index contributed by atoms with van der Waals surface area (Å²) >= 11 is 5.91. The Hall–Kier alpha value is -4.68. The molecule has 0 radical (unpaired) electrons. The van der Waals surface area contributed by atoms with Gasteiger partial charge in [0.15, 0.2) is 0 Å². The number of hydrogen-bond donors (Lipinski definition) is 1. The zero-order chi connectivity index (χ0) is 26.3. The number of aromatic nitrogens is 2. The molecule has 0 aliphatic heterocycles. The first-order chi connectivity index (χ1) is 18.5. The highest BCUT2D eigenvalue weighted by molar-refractivity contribution is 6.30. The van der Waals surface area contributed by atoms with Crippen LogP contribution in [0.25, 0.3) is 16.9 Å². The molecule has 6 nitrogen and oxygen atoms in total. The zero-order valence-corrected chi connectivity index (χ0v) is 21.5. The van der Waals surface area contributed by atoms with Gasteiger partial charge in [0.1, 0.15) is 18.1 Å². The number of carbonyl (C=O) groups is 1. The van der Waals surface area contributed by atoms with Gasteiger partial charge in [-0.05, 0) is 67.1 Å². The molecule has 0 fully saturated rings. The molecule has 1 heterocycles. The van der Waals surface area contributed by atoms with Gasteiger partial charge in [-0.15, -0.1) is 0 Å². The number of halogens is 1. The molecule has 0 saturated carbocycles. The van der Waals surface area contributed by atoms with E-state index in [0.29, 0.717) is 17.2 Å². The molecule has 0 spiro atoms. The van der Waals surface area contributed by atoms with Crippen molar-refractivity contribution < 1.29 is 9.53 Å². The van der Waals surface area contributed by atoms with Crippen LogP contribution in [-0.2, 0) is 6.61 Å². The highest BCUT2D eigenvalue weighted by atomic mass is 35.5. The highest BCUT2D eigenvalue weighted by Crippen LogP contribution is 2.23. The van der Waals surface area contributed by atoms with Gasteiger partial charge in [0.05, 0.1) is 11.9 Å². The third-order valence-corrected chi connectivity index (χ3v) is 6.11. The summed E-state index contributed by atoms with van der Waals surface area (Å²) in [5.74, 6) is 0.421. The number of benzene rings is 4. The Kier molecular flexibility index (Phi) is 7.62. The second-order valence-electron chi connectivity index (χ2n) is 8.72. The van der Waals surface area contributed by atoms with E-state index in [1.54, 1.807) is 30.5 Å². The minimum atomic E-state index is -0.307. The molecule has 7 heteroatoms. The van der Waals surface area contributed by atoms with Crippen molar-refractivity contribution in [3.63, 3.8) is 0 Å². The van der Waals surface area contributed by atoms with Crippen molar-refractivity contribution in [2.45, 2.75) is 13.5 Å². The van der Waals surface area contributed by atoms with Crippen LogP contribution in [0, 0.1) is 6.92 Å². The number of nitrogens with one attached hydrogen (secondary N) is 1. The lowest BCUT2D eigenvalue weighted by Gasteiger charge is -2.07. The van der Waals surface area contributed by atoms with Crippen LogP contribution in [0.1, 0.15) is 27.0 Å². The van der Waals surface area contributed by atoms with Gasteiger partial charge >= 0.3 is 0 Å². The molecule has 38 heavy (non-hydrogen) atoms. The first kappa shape index (κ1) is 25.0. The number of rotatable bonds is 8. The second-order valence-corrected chi connectivity index (χ2v) is 9.16. The summed E-state index contributed by atoms with van der Waals surface area (Å²) in [6, 6.07) is 32.4. The summed E-state index contributed by atoms with van der Waals surface area (Å²) in [4.78, 5) is 12.7. The molecule has 0 atom stereocenters. The van der Waals surface area contributed by atoms with E-state index < -0.39 is 0 Å². The molecule has 1 N–H and O–H groups in total. The van der Waals surface area contributed by atoms with Crippen LogP contribution in [0.3, 0.4) is 0 Å². The third-order valence-electron chi connectivity index (χ3n) is 5.86. The van der Waals surface area contributed by atoms with E-state index in [9.17, 15) is 4.79 Å². The van der Waals surface area contributed by atoms with Gasteiger partial charge in [0, 0.05) is 27.9 Å². The van der Waals surface area contributed by atoms with Crippen LogP contribution in [0.2, 0.25) is 5.02 Å². The fourth-order valence-electron chi connectivity index (χ4n) is 3.89. The Bertz CT molecular complexity index is 1560. The summed E-state index contributed by atoms with van der Waals surface area (Å²) in [5, 5.41) is 9.68. The molecule has 0 aliphatic rings. The Balaban J connectivity index is 1.27. The summed E-state index contributed by atoms with van der Waals surface area (Å²) in [5.41, 5.74) is 8.67. The van der Waals surface area contributed by atoms with E-state index in [1.165, 1.54) is 0 Å². The van der Waals surface area contributed by atoms with E-state index in [1.807, 2.05) is 90.6 Å². The van der Waals surface area contributed by atoms with Crippen LogP contribution in [0.4, 0.5) is 0 Å². The maximum absolute atomic E-state index is 12.7. The maximum atomic E-state index is 12.7. The average molecular weight is 521 g/mol. The van der Waals surface area contributed by atoms with Crippen molar-refractivity contribution in [3.05, 3.63) is 137 Å². The Morgan fingerprint density at radius 3 is 2.47 bits per heavy atom. The highest BCUT2D eigenvalue weighted by Gasteiger charge is 2.12. The van der Waals surface area contributed by atoms with E-state index >= 15 is 0 Å². The van der Waals surface area contributed by atoms with Crippen molar-refractivity contribution in [2.75, 3.05) is 0 Å². The monoisotopic (exact) mass is 520 g/mol. The second kappa shape index (κ2) is 11.6. The number of carbonyl (C=O) groups excluding carboxylic acids is 1. The standard InChI is InChI=1S/C31H25ClN4O2/c1-22-6-5-7-25(18-22)30-26(20-36(35-30)28-8-3-2-4-9-28)19-33-34-31(37)24-12-10-23(11-13-24)21-38-29-16-14-27(32)15-17-29/h2-20H,21H2,1H3,(H,34,37)/b33-19+. The molecule has 0 aliphatic carbocycles. The fourth-order valence-corrected chi connectivity index (χ4v) is 4.01. The smallest absolute Gasteiger partial charge is 0.271 e. The lowest BCUT2D eigenvalue weighted by Crippen LogP contribution is -2.17. The largest absolute Gasteiger partial charge is 0.489 e. The molecule has 4 aromatic carbocycles. The summed E-state index contributed by atoms with van der Waals surface area (Å²) in [6.45, 7) is 2.43. The van der Waals surface area contributed by atoms with Crippen LogP contribution >= 0.6 is 11.6 Å². The fraction of sp³-hybridized carbons (Fsp3) is 0.0645. The van der Waals surface area contributed by atoms with Gasteiger partial charge in [0.2, 0.25) is 0 Å². The number of hydrogen-bond acceptors (Lipinski definition) is 4. The molecule has 188 valence electrons. The van der Waals surface area contributed by atoms with Gasteiger partial charge in [0.25, 0.3) is 5.91 Å². The van der Waals surface area contributed by atoms with Gasteiger partial charge in [-0.25, -0.2) is 10.1 Å². The third kappa shape index (κ3) is 6.17. The lowest BCUT2D eigenvalue weighted by atomic mass is 10.1. The number of amides is 1. The molecule has 5 rings (SSSR count). The van der Waals surface area contributed by atoms with Gasteiger partial charge < -0.3 is 4.74 Å². The number of ether oxygens (including phenoxy) is 1. The van der Waals surface area contributed by atoms with E-state index in [4.69, 9.17) is 21.4 Å². The van der Waals surface area contributed by atoms with Crippen molar-refractivity contribution in [3.8, 4) is 22.7 Å². The van der Waals surface area contributed by atoms with Crippen LogP contribution in [0.15, 0.2) is 114 Å². The van der Waals surface area contributed by atoms with Crippen molar-refractivity contribution in [1.29, 1.82) is 0 Å². The average Bonchev–Trinajstić information content (AvgIpc) is 3.38. The van der Waals surface area contributed by atoms with E-state index in [0.717, 1.165) is 39.4 Å². The van der Waals surface area contributed by atoms with Crippen LogP contribution < -0.4 is 10.2 Å². The number of nitrogens with zero attached hydrogens (tertiary/aromatic N) is 3. The molecular weight excluding hydrogens is 496 g/mol. The maximum Gasteiger partial charge on any atom is 0.271 e. The molecule has 0 bridgehead atoms. The topological polar surface area (TPSA) is 68.5 Å². The Morgan fingerprint density at radius 1 is 0.974 bits per heavy atom. The number of para-hydroxylation sites is 1. The van der Waals surface area contributed by atoms with Crippen LogP contribution in [-0.4, -0.2) is 21.9 Å². The molecule has 1 aromatic heterocycles. The van der Waals surface area contributed by atoms with Gasteiger partial charge in [-0.1, -0.05) is 65.7 Å². The predicted octanol–water partition coefficient (Wildman–Crippen LogP) is 6.84. The van der Waals surface area contributed by atoms with E-state index in [-0.39, 0.29) is 5.91 Å². The molecule has 1 amide bonds. The minimum absolute atomic E-state index is 0.307. The predicted molar refractivity (Wildman–Crippen MR) is 151 cm³/mol.